The molecule has 1 aromatic rings. The number of nitrogens with zero attached hydrogens (tertiary/aromatic N) is 2. The van der Waals surface area contributed by atoms with Crippen LogP contribution in [0.3, 0.4) is 0 Å². The van der Waals surface area contributed by atoms with Gasteiger partial charge in [-0.1, -0.05) is 0 Å². The third-order valence-corrected chi connectivity index (χ3v) is 4.04. The maximum atomic E-state index is 13.2. The third-order valence-electron chi connectivity index (χ3n) is 3.35. The van der Waals surface area contributed by atoms with Crippen molar-refractivity contribution in [1.29, 1.82) is 0 Å². The monoisotopic (exact) mass is 328 g/mol. The topological polar surface area (TPSA) is 40.6 Å². The van der Waals surface area contributed by atoms with Gasteiger partial charge in [0, 0.05) is 25.1 Å². The maximum absolute atomic E-state index is 13.2. The van der Waals surface area contributed by atoms with Crippen LogP contribution in [0.2, 0.25) is 0 Å². The van der Waals surface area contributed by atoms with E-state index in [1.807, 2.05) is 0 Å². The van der Waals surface area contributed by atoms with Gasteiger partial charge >= 0.3 is 0 Å². The van der Waals surface area contributed by atoms with Crippen LogP contribution in [0.25, 0.3) is 0 Å². The molecule has 0 spiro atoms. The molecule has 19 heavy (non-hydrogen) atoms. The normalized spacial score (nSPS) is 18.8. The molecule has 0 saturated carbocycles. The van der Waals surface area contributed by atoms with Gasteiger partial charge in [-0.2, -0.15) is 0 Å². The molecule has 1 fully saturated rings. The smallest absolute Gasteiger partial charge is 0.255 e. The molecule has 102 valence electrons. The van der Waals surface area contributed by atoms with Gasteiger partial charge in [-0.25, -0.2) is 4.39 Å². The Bertz CT molecular complexity index is 535. The number of likely N-dealkylation sites (N-methyl/N-ethyl adjacent to an activating group) is 2. The highest BCUT2D eigenvalue weighted by atomic mass is 79.9. The molecule has 6 heteroatoms. The van der Waals surface area contributed by atoms with Crippen LogP contribution in [0.4, 0.5) is 4.39 Å². The summed E-state index contributed by atoms with van der Waals surface area (Å²) in [5, 5.41) is 0. The number of rotatable bonds is 2. The Labute approximate surface area is 119 Å². The average molecular weight is 329 g/mol. The van der Waals surface area contributed by atoms with E-state index in [2.05, 4.69) is 15.9 Å². The first-order valence-electron chi connectivity index (χ1n) is 5.89. The van der Waals surface area contributed by atoms with Crippen LogP contribution in [0, 0.1) is 5.82 Å². The summed E-state index contributed by atoms with van der Waals surface area (Å²) in [6.07, 6.45) is 0.602. The second kappa shape index (κ2) is 5.28. The Morgan fingerprint density at radius 2 is 2.21 bits per heavy atom. The zero-order valence-electron chi connectivity index (χ0n) is 10.7. The molecule has 0 aliphatic carbocycles. The Morgan fingerprint density at radius 3 is 2.79 bits per heavy atom. The van der Waals surface area contributed by atoms with E-state index in [4.69, 9.17) is 0 Å². The fourth-order valence-corrected chi connectivity index (χ4v) is 2.57. The molecule has 1 saturated heterocycles. The van der Waals surface area contributed by atoms with E-state index in [1.54, 1.807) is 19.0 Å². The van der Waals surface area contributed by atoms with Crippen molar-refractivity contribution in [1.82, 2.24) is 9.80 Å². The minimum Gasteiger partial charge on any atom is -0.344 e. The zero-order valence-corrected chi connectivity index (χ0v) is 12.3. The third kappa shape index (κ3) is 2.63. The van der Waals surface area contributed by atoms with Crippen LogP contribution < -0.4 is 0 Å². The lowest BCUT2D eigenvalue weighted by molar-refractivity contribution is -0.130. The van der Waals surface area contributed by atoms with Crippen molar-refractivity contribution in [2.24, 2.45) is 0 Å². The number of carbonyl (C=O) groups excluding carboxylic acids is 2. The first-order valence-corrected chi connectivity index (χ1v) is 6.68. The highest BCUT2D eigenvalue weighted by molar-refractivity contribution is 9.10. The number of carbonyl (C=O) groups is 2. The predicted molar refractivity (Wildman–Crippen MR) is 72.2 cm³/mol. The second-order valence-corrected chi connectivity index (χ2v) is 5.46. The van der Waals surface area contributed by atoms with E-state index in [1.165, 1.54) is 23.1 Å². The molecule has 1 heterocycles. The summed E-state index contributed by atoms with van der Waals surface area (Å²) in [6, 6.07) is 3.47. The Kier molecular flexibility index (Phi) is 3.89. The lowest BCUT2D eigenvalue weighted by Crippen LogP contribution is -2.42. The van der Waals surface area contributed by atoms with Crippen LogP contribution in [-0.4, -0.2) is 48.3 Å². The quantitative estimate of drug-likeness (QED) is 0.831. The van der Waals surface area contributed by atoms with E-state index in [-0.39, 0.29) is 17.4 Å². The fourth-order valence-electron chi connectivity index (χ4n) is 2.16. The van der Waals surface area contributed by atoms with Crippen LogP contribution in [-0.2, 0) is 4.79 Å². The van der Waals surface area contributed by atoms with Gasteiger partial charge < -0.3 is 9.80 Å². The van der Waals surface area contributed by atoms with Gasteiger partial charge in [-0.05, 0) is 40.5 Å². The van der Waals surface area contributed by atoms with Crippen molar-refractivity contribution in [3.8, 4) is 0 Å². The van der Waals surface area contributed by atoms with E-state index in [0.717, 1.165) is 0 Å². The number of hydrogen-bond acceptors (Lipinski definition) is 2. The highest BCUT2D eigenvalue weighted by Crippen LogP contribution is 2.22. The molecule has 0 aromatic heterocycles. The number of likely N-dealkylation sites (tertiary alicyclic amines) is 1. The molecule has 1 atom stereocenters. The summed E-state index contributed by atoms with van der Waals surface area (Å²) in [4.78, 5) is 27.2. The molecule has 0 N–H and O–H groups in total. The number of benzene rings is 1. The van der Waals surface area contributed by atoms with Crippen LogP contribution in [0.15, 0.2) is 22.7 Å². The van der Waals surface area contributed by atoms with Crippen LogP contribution in [0.5, 0.6) is 0 Å². The lowest BCUT2D eigenvalue weighted by Gasteiger charge is -2.23. The zero-order chi connectivity index (χ0) is 14.2. The standard InChI is InChI=1S/C13H14BrFN2O2/c1-16-6-5-11(13(16)19)17(2)12(18)9-7-8(15)3-4-10(9)14/h3-4,7,11H,5-6H2,1-2H3/t11-/m1/s1. The van der Waals surface area contributed by atoms with E-state index >= 15 is 0 Å². The van der Waals surface area contributed by atoms with Crippen molar-refractivity contribution in [2.45, 2.75) is 12.5 Å². The largest absolute Gasteiger partial charge is 0.344 e. The van der Waals surface area contributed by atoms with Crippen molar-refractivity contribution in [2.75, 3.05) is 20.6 Å². The van der Waals surface area contributed by atoms with Crippen LogP contribution >= 0.6 is 15.9 Å². The fraction of sp³-hybridized carbons (Fsp3) is 0.385. The van der Waals surface area contributed by atoms with Gasteiger partial charge in [0.25, 0.3) is 5.91 Å². The Morgan fingerprint density at radius 1 is 1.53 bits per heavy atom. The molecule has 0 unspecified atom stereocenters. The van der Waals surface area contributed by atoms with Crippen molar-refractivity contribution in [3.05, 3.63) is 34.1 Å². The molecule has 0 bridgehead atoms. The van der Waals surface area contributed by atoms with E-state index < -0.39 is 11.9 Å². The number of amides is 2. The molecule has 2 rings (SSSR count). The molecular formula is C13H14BrFN2O2. The highest BCUT2D eigenvalue weighted by Gasteiger charge is 2.35. The number of hydrogen-bond donors (Lipinski definition) is 0. The average Bonchev–Trinajstić information content (AvgIpc) is 2.71. The second-order valence-electron chi connectivity index (χ2n) is 4.60. The predicted octanol–water partition coefficient (Wildman–Crippen LogP) is 1.89. The molecule has 1 aliphatic heterocycles. The molecule has 1 aliphatic rings. The summed E-state index contributed by atoms with van der Waals surface area (Å²) in [5.74, 6) is -0.918. The van der Waals surface area contributed by atoms with E-state index in [9.17, 15) is 14.0 Å². The lowest BCUT2D eigenvalue weighted by atomic mass is 10.1. The molecule has 4 nitrogen and oxygen atoms in total. The molecular weight excluding hydrogens is 315 g/mol. The molecule has 2 amide bonds. The van der Waals surface area contributed by atoms with Gasteiger partial charge in [-0.3, -0.25) is 9.59 Å². The van der Waals surface area contributed by atoms with Gasteiger partial charge in [0.1, 0.15) is 11.9 Å². The summed E-state index contributed by atoms with van der Waals surface area (Å²) in [7, 11) is 3.28. The number of halogens is 2. The van der Waals surface area contributed by atoms with Gasteiger partial charge in [0.2, 0.25) is 5.91 Å². The summed E-state index contributed by atoms with van der Waals surface area (Å²) in [5.41, 5.74) is 0.227. The van der Waals surface area contributed by atoms with Crippen molar-refractivity contribution in [3.63, 3.8) is 0 Å². The maximum Gasteiger partial charge on any atom is 0.255 e. The summed E-state index contributed by atoms with van der Waals surface area (Å²) < 4.78 is 13.7. The van der Waals surface area contributed by atoms with Crippen molar-refractivity contribution >= 4 is 27.7 Å². The summed E-state index contributed by atoms with van der Waals surface area (Å²) >= 11 is 3.23. The summed E-state index contributed by atoms with van der Waals surface area (Å²) in [6.45, 7) is 0.630. The van der Waals surface area contributed by atoms with Crippen molar-refractivity contribution < 1.29 is 14.0 Å². The van der Waals surface area contributed by atoms with Crippen LogP contribution in [0.1, 0.15) is 16.8 Å². The minimum atomic E-state index is -0.477. The van der Waals surface area contributed by atoms with Gasteiger partial charge in [0.15, 0.2) is 0 Å². The minimum absolute atomic E-state index is 0.0802. The van der Waals surface area contributed by atoms with Gasteiger partial charge in [0.05, 0.1) is 5.56 Å². The molecule has 0 radical (unpaired) electrons. The van der Waals surface area contributed by atoms with E-state index in [0.29, 0.717) is 17.4 Å². The molecule has 1 aromatic carbocycles. The first kappa shape index (κ1) is 14.0. The Hall–Kier alpha value is -1.43. The Balaban J connectivity index is 2.24. The first-order chi connectivity index (χ1) is 8.91. The SMILES string of the molecule is CN1CC[C@@H](N(C)C(=O)c2cc(F)ccc2Br)C1=O. The van der Waals surface area contributed by atoms with Gasteiger partial charge in [-0.15, -0.1) is 0 Å².